The van der Waals surface area contributed by atoms with Crippen LogP contribution < -0.4 is 0 Å². The maximum atomic E-state index is 5.41. The van der Waals surface area contributed by atoms with E-state index in [1.807, 2.05) is 20.8 Å². The van der Waals surface area contributed by atoms with Crippen molar-refractivity contribution in [2.75, 3.05) is 6.61 Å². The molecular weight excluding hydrogens is 148 g/mol. The predicted molar refractivity (Wildman–Crippen MR) is 56.5 cm³/mol. The van der Waals surface area contributed by atoms with Crippen LogP contribution in [-0.4, -0.2) is 12.7 Å². The SMILES string of the molecule is CC.CCOC(C)CC(C)CC. The smallest absolute Gasteiger partial charge is 0.0549 e. The second-order valence-corrected chi connectivity index (χ2v) is 3.02. The van der Waals surface area contributed by atoms with Crippen molar-refractivity contribution in [2.24, 2.45) is 5.92 Å². The molecule has 0 aliphatic carbocycles. The highest BCUT2D eigenvalue weighted by molar-refractivity contribution is 4.56. The van der Waals surface area contributed by atoms with Crippen LogP contribution in [0.4, 0.5) is 0 Å². The van der Waals surface area contributed by atoms with Crippen LogP contribution in [0.5, 0.6) is 0 Å². The molecule has 0 aromatic rings. The molecule has 0 N–H and O–H groups in total. The topological polar surface area (TPSA) is 9.23 Å². The van der Waals surface area contributed by atoms with E-state index in [0.717, 1.165) is 12.5 Å². The fourth-order valence-electron chi connectivity index (χ4n) is 1.09. The second kappa shape index (κ2) is 11.0. The van der Waals surface area contributed by atoms with E-state index < -0.39 is 0 Å². The van der Waals surface area contributed by atoms with Gasteiger partial charge in [0.2, 0.25) is 0 Å². The number of ether oxygens (including phenoxy) is 1. The van der Waals surface area contributed by atoms with Crippen molar-refractivity contribution in [3.05, 3.63) is 0 Å². The van der Waals surface area contributed by atoms with Gasteiger partial charge in [-0.25, -0.2) is 0 Å². The lowest BCUT2D eigenvalue weighted by molar-refractivity contribution is 0.0593. The summed E-state index contributed by atoms with van der Waals surface area (Å²) in [6.45, 7) is 13.5. The third kappa shape index (κ3) is 9.96. The summed E-state index contributed by atoms with van der Waals surface area (Å²) >= 11 is 0. The molecule has 12 heavy (non-hydrogen) atoms. The number of hydrogen-bond donors (Lipinski definition) is 0. The van der Waals surface area contributed by atoms with Crippen LogP contribution >= 0.6 is 0 Å². The van der Waals surface area contributed by atoms with Gasteiger partial charge in [-0.05, 0) is 26.2 Å². The van der Waals surface area contributed by atoms with Crippen LogP contribution in [0, 0.1) is 5.92 Å². The largest absolute Gasteiger partial charge is 0.379 e. The quantitative estimate of drug-likeness (QED) is 0.614. The molecule has 76 valence electrons. The Hall–Kier alpha value is -0.0400. The summed E-state index contributed by atoms with van der Waals surface area (Å²) in [5.74, 6) is 0.807. The molecule has 0 saturated heterocycles. The zero-order valence-electron chi connectivity index (χ0n) is 9.68. The molecule has 0 radical (unpaired) electrons. The van der Waals surface area contributed by atoms with Gasteiger partial charge in [0.05, 0.1) is 6.10 Å². The van der Waals surface area contributed by atoms with E-state index in [2.05, 4.69) is 20.8 Å². The number of hydrogen-bond acceptors (Lipinski definition) is 1. The Balaban J connectivity index is 0. The number of rotatable bonds is 5. The highest BCUT2D eigenvalue weighted by Crippen LogP contribution is 2.11. The van der Waals surface area contributed by atoms with Crippen molar-refractivity contribution >= 4 is 0 Å². The molecule has 1 nitrogen and oxygen atoms in total. The lowest BCUT2D eigenvalue weighted by Gasteiger charge is -2.15. The van der Waals surface area contributed by atoms with Gasteiger partial charge < -0.3 is 4.74 Å². The average molecular weight is 174 g/mol. The molecule has 0 spiro atoms. The Morgan fingerprint density at radius 3 is 1.92 bits per heavy atom. The standard InChI is InChI=1S/C9H20O.C2H6/c1-5-8(3)7-9(4)10-6-2;1-2/h8-9H,5-7H2,1-4H3;1-2H3. The molecule has 1 heteroatoms. The van der Waals surface area contributed by atoms with Crippen molar-refractivity contribution in [3.8, 4) is 0 Å². The van der Waals surface area contributed by atoms with Crippen LogP contribution in [0.25, 0.3) is 0 Å². The van der Waals surface area contributed by atoms with Crippen molar-refractivity contribution in [1.82, 2.24) is 0 Å². The minimum atomic E-state index is 0.444. The van der Waals surface area contributed by atoms with Crippen LogP contribution in [0.3, 0.4) is 0 Å². The molecule has 0 fully saturated rings. The van der Waals surface area contributed by atoms with Gasteiger partial charge in [0.1, 0.15) is 0 Å². The monoisotopic (exact) mass is 174 g/mol. The van der Waals surface area contributed by atoms with Gasteiger partial charge in [0, 0.05) is 6.61 Å². The molecule has 2 atom stereocenters. The fraction of sp³-hybridized carbons (Fsp3) is 1.00. The molecule has 0 aliphatic heterocycles. The van der Waals surface area contributed by atoms with Crippen LogP contribution in [0.1, 0.15) is 54.4 Å². The predicted octanol–water partition coefficient (Wildman–Crippen LogP) is 3.87. The van der Waals surface area contributed by atoms with Gasteiger partial charge in [0.25, 0.3) is 0 Å². The van der Waals surface area contributed by atoms with Crippen LogP contribution in [-0.2, 0) is 4.74 Å². The van der Waals surface area contributed by atoms with E-state index >= 15 is 0 Å². The van der Waals surface area contributed by atoms with E-state index in [-0.39, 0.29) is 0 Å². The van der Waals surface area contributed by atoms with Crippen molar-refractivity contribution in [1.29, 1.82) is 0 Å². The van der Waals surface area contributed by atoms with E-state index in [1.54, 1.807) is 0 Å². The van der Waals surface area contributed by atoms with Crippen LogP contribution in [0.2, 0.25) is 0 Å². The summed E-state index contributed by atoms with van der Waals surface area (Å²) in [7, 11) is 0. The molecule has 0 amide bonds. The van der Waals surface area contributed by atoms with E-state index in [1.165, 1.54) is 12.8 Å². The Kier molecular flexibility index (Phi) is 13.2. The minimum Gasteiger partial charge on any atom is -0.379 e. The first-order chi connectivity index (χ1) is 5.70. The lowest BCUT2D eigenvalue weighted by atomic mass is 10.0. The first-order valence-corrected chi connectivity index (χ1v) is 5.32. The van der Waals surface area contributed by atoms with Gasteiger partial charge in [-0.3, -0.25) is 0 Å². The molecule has 0 saturated carbocycles. The van der Waals surface area contributed by atoms with Gasteiger partial charge in [-0.2, -0.15) is 0 Å². The molecule has 0 heterocycles. The Labute approximate surface area is 78.5 Å². The summed E-state index contributed by atoms with van der Waals surface area (Å²) in [6.07, 6.45) is 2.90. The van der Waals surface area contributed by atoms with E-state index in [0.29, 0.717) is 6.10 Å². The molecule has 0 bridgehead atoms. The summed E-state index contributed by atoms with van der Waals surface area (Å²) in [5.41, 5.74) is 0. The zero-order valence-corrected chi connectivity index (χ0v) is 9.68. The van der Waals surface area contributed by atoms with Crippen LogP contribution in [0.15, 0.2) is 0 Å². The Morgan fingerprint density at radius 2 is 1.58 bits per heavy atom. The van der Waals surface area contributed by atoms with Crippen molar-refractivity contribution in [2.45, 2.75) is 60.5 Å². The molecule has 0 aliphatic rings. The zero-order chi connectivity index (χ0) is 9.98. The summed E-state index contributed by atoms with van der Waals surface area (Å²) in [5, 5.41) is 0. The third-order valence-electron chi connectivity index (χ3n) is 1.88. The summed E-state index contributed by atoms with van der Waals surface area (Å²) < 4.78 is 5.41. The Bertz CT molecular complexity index is 71.4. The van der Waals surface area contributed by atoms with Crippen molar-refractivity contribution < 1.29 is 4.74 Å². The van der Waals surface area contributed by atoms with Gasteiger partial charge in [-0.15, -0.1) is 0 Å². The second-order valence-electron chi connectivity index (χ2n) is 3.02. The summed E-state index contributed by atoms with van der Waals surface area (Å²) in [4.78, 5) is 0. The third-order valence-corrected chi connectivity index (χ3v) is 1.88. The lowest BCUT2D eigenvalue weighted by Crippen LogP contribution is -2.11. The minimum absolute atomic E-state index is 0.444. The highest BCUT2D eigenvalue weighted by Gasteiger charge is 2.05. The van der Waals surface area contributed by atoms with Gasteiger partial charge in [0.15, 0.2) is 0 Å². The normalized spacial score (nSPS) is 14.5. The maximum Gasteiger partial charge on any atom is 0.0549 e. The first kappa shape index (κ1) is 14.5. The molecule has 0 aromatic heterocycles. The fourth-order valence-corrected chi connectivity index (χ4v) is 1.09. The van der Waals surface area contributed by atoms with Gasteiger partial charge in [-0.1, -0.05) is 34.1 Å². The first-order valence-electron chi connectivity index (χ1n) is 5.32. The highest BCUT2D eigenvalue weighted by atomic mass is 16.5. The Morgan fingerprint density at radius 1 is 1.08 bits per heavy atom. The molecule has 0 rings (SSSR count). The average Bonchev–Trinajstić information content (AvgIpc) is 2.08. The summed E-state index contributed by atoms with van der Waals surface area (Å²) in [6, 6.07) is 0. The molecule has 2 unspecified atom stereocenters. The van der Waals surface area contributed by atoms with E-state index in [4.69, 9.17) is 4.74 Å². The molecular formula is C11H26O. The van der Waals surface area contributed by atoms with Crippen molar-refractivity contribution in [3.63, 3.8) is 0 Å². The maximum absolute atomic E-state index is 5.41. The molecule has 0 aromatic carbocycles. The van der Waals surface area contributed by atoms with Gasteiger partial charge >= 0.3 is 0 Å². The van der Waals surface area contributed by atoms with E-state index in [9.17, 15) is 0 Å².